The van der Waals surface area contributed by atoms with E-state index in [9.17, 15) is 4.79 Å². The Hall–Kier alpha value is -3.03. The number of nitrogens with two attached hydrogens (primary N) is 1. The van der Waals surface area contributed by atoms with Gasteiger partial charge in [-0.2, -0.15) is 4.80 Å². The molecule has 0 unspecified atom stereocenters. The first-order valence-corrected chi connectivity index (χ1v) is 6.64. The van der Waals surface area contributed by atoms with E-state index in [1.807, 2.05) is 13.8 Å². The van der Waals surface area contributed by atoms with Gasteiger partial charge in [0.2, 0.25) is 11.7 Å². The molecule has 8 heteroatoms. The number of carbonyl (C=O) groups excluding carboxylic acids is 1. The van der Waals surface area contributed by atoms with Gasteiger partial charge in [-0.05, 0) is 31.2 Å². The van der Waals surface area contributed by atoms with Crippen LogP contribution in [-0.4, -0.2) is 31.3 Å². The molecule has 1 amide bonds. The standard InChI is InChI=1S/C14H14N6O2/c1-8-12(9(2)22-18-8)7-20-17-14(16-19-20)11-5-3-10(4-6-11)13(15)21/h3-6H,7H2,1-2H3,(H2,15,21). The number of carbonyl (C=O) groups is 1. The molecule has 0 aliphatic carbocycles. The van der Waals surface area contributed by atoms with Crippen LogP contribution in [0.1, 0.15) is 27.4 Å². The molecule has 3 rings (SSSR count). The molecule has 0 aliphatic heterocycles. The highest BCUT2D eigenvalue weighted by Gasteiger charge is 2.12. The normalized spacial score (nSPS) is 10.8. The molecule has 0 bridgehead atoms. The second-order valence-corrected chi connectivity index (χ2v) is 4.89. The fourth-order valence-electron chi connectivity index (χ4n) is 2.08. The number of benzene rings is 1. The minimum atomic E-state index is -0.471. The van der Waals surface area contributed by atoms with E-state index in [-0.39, 0.29) is 0 Å². The predicted octanol–water partition coefficient (Wildman–Crippen LogP) is 1.09. The molecule has 112 valence electrons. The Labute approximate surface area is 125 Å². The highest BCUT2D eigenvalue weighted by atomic mass is 16.5. The summed E-state index contributed by atoms with van der Waals surface area (Å²) in [4.78, 5) is 12.5. The average Bonchev–Trinajstić information content (AvgIpc) is 3.10. The smallest absolute Gasteiger partial charge is 0.248 e. The van der Waals surface area contributed by atoms with Crippen molar-refractivity contribution >= 4 is 5.91 Å². The molecule has 22 heavy (non-hydrogen) atoms. The number of aryl methyl sites for hydroxylation is 2. The van der Waals surface area contributed by atoms with E-state index in [4.69, 9.17) is 10.3 Å². The molecule has 0 spiro atoms. The van der Waals surface area contributed by atoms with Gasteiger partial charge in [0.1, 0.15) is 5.76 Å². The number of tetrazole rings is 1. The van der Waals surface area contributed by atoms with Crippen LogP contribution in [0.3, 0.4) is 0 Å². The van der Waals surface area contributed by atoms with Crippen LogP contribution in [0.15, 0.2) is 28.8 Å². The number of hydrogen-bond donors (Lipinski definition) is 1. The number of nitrogens with zero attached hydrogens (tertiary/aromatic N) is 5. The Balaban J connectivity index is 1.83. The lowest BCUT2D eigenvalue weighted by Gasteiger charge is -1.98. The van der Waals surface area contributed by atoms with Crippen LogP contribution in [0.25, 0.3) is 11.4 Å². The zero-order chi connectivity index (χ0) is 15.7. The van der Waals surface area contributed by atoms with E-state index in [0.29, 0.717) is 17.9 Å². The number of hydrogen-bond acceptors (Lipinski definition) is 6. The largest absolute Gasteiger partial charge is 0.366 e. The van der Waals surface area contributed by atoms with Crippen LogP contribution in [-0.2, 0) is 6.54 Å². The highest BCUT2D eigenvalue weighted by Crippen LogP contribution is 2.16. The lowest BCUT2D eigenvalue weighted by molar-refractivity contribution is 0.100. The summed E-state index contributed by atoms with van der Waals surface area (Å²) < 4.78 is 5.11. The molecule has 0 fully saturated rings. The number of primary amides is 1. The summed E-state index contributed by atoms with van der Waals surface area (Å²) in [5.74, 6) is 0.742. The molecule has 2 heterocycles. The van der Waals surface area contributed by atoms with Gasteiger partial charge in [0.25, 0.3) is 0 Å². The quantitative estimate of drug-likeness (QED) is 0.771. The van der Waals surface area contributed by atoms with Crippen molar-refractivity contribution in [2.75, 3.05) is 0 Å². The lowest BCUT2D eigenvalue weighted by atomic mass is 10.1. The monoisotopic (exact) mass is 298 g/mol. The fourth-order valence-corrected chi connectivity index (χ4v) is 2.08. The average molecular weight is 298 g/mol. The molecule has 0 radical (unpaired) electrons. The third kappa shape index (κ3) is 2.58. The van der Waals surface area contributed by atoms with Crippen LogP contribution in [0.5, 0.6) is 0 Å². The summed E-state index contributed by atoms with van der Waals surface area (Å²) >= 11 is 0. The Morgan fingerprint density at radius 3 is 2.59 bits per heavy atom. The lowest BCUT2D eigenvalue weighted by Crippen LogP contribution is -2.10. The van der Waals surface area contributed by atoms with Crippen molar-refractivity contribution in [3.05, 3.63) is 46.8 Å². The second kappa shape index (κ2) is 5.40. The van der Waals surface area contributed by atoms with Crippen LogP contribution < -0.4 is 5.73 Å². The van der Waals surface area contributed by atoms with Gasteiger partial charge >= 0.3 is 0 Å². The minimum absolute atomic E-state index is 0.437. The first-order valence-electron chi connectivity index (χ1n) is 6.64. The minimum Gasteiger partial charge on any atom is -0.366 e. The van der Waals surface area contributed by atoms with Crippen molar-refractivity contribution in [1.82, 2.24) is 25.4 Å². The van der Waals surface area contributed by atoms with Crippen LogP contribution >= 0.6 is 0 Å². The maximum Gasteiger partial charge on any atom is 0.248 e. The number of aromatic nitrogens is 5. The third-order valence-corrected chi connectivity index (χ3v) is 3.36. The first-order chi connectivity index (χ1) is 10.5. The van der Waals surface area contributed by atoms with Crippen LogP contribution in [0.4, 0.5) is 0 Å². The molecular formula is C14H14N6O2. The molecule has 1 aromatic carbocycles. The Morgan fingerprint density at radius 1 is 1.27 bits per heavy atom. The Kier molecular flexibility index (Phi) is 3.42. The molecule has 0 saturated heterocycles. The predicted molar refractivity (Wildman–Crippen MR) is 76.8 cm³/mol. The van der Waals surface area contributed by atoms with Gasteiger partial charge in [0.15, 0.2) is 0 Å². The summed E-state index contributed by atoms with van der Waals surface area (Å²) in [6, 6.07) is 6.73. The highest BCUT2D eigenvalue weighted by molar-refractivity contribution is 5.93. The molecule has 0 saturated carbocycles. The van der Waals surface area contributed by atoms with Crippen LogP contribution in [0.2, 0.25) is 0 Å². The van der Waals surface area contributed by atoms with E-state index in [1.165, 1.54) is 4.80 Å². The topological polar surface area (TPSA) is 113 Å². The maximum absolute atomic E-state index is 11.1. The van der Waals surface area contributed by atoms with E-state index < -0.39 is 5.91 Å². The van der Waals surface area contributed by atoms with Crippen molar-refractivity contribution in [2.45, 2.75) is 20.4 Å². The van der Waals surface area contributed by atoms with Crippen LogP contribution in [0, 0.1) is 13.8 Å². The van der Waals surface area contributed by atoms with Gasteiger partial charge < -0.3 is 10.3 Å². The van der Waals surface area contributed by atoms with Gasteiger partial charge in [0.05, 0.1) is 12.2 Å². The second-order valence-electron chi connectivity index (χ2n) is 4.89. The molecular weight excluding hydrogens is 284 g/mol. The SMILES string of the molecule is Cc1noc(C)c1Cn1nnc(-c2ccc(C(N)=O)cc2)n1. The zero-order valence-electron chi connectivity index (χ0n) is 12.1. The van der Waals surface area contributed by atoms with Gasteiger partial charge in [-0.1, -0.05) is 17.3 Å². The molecule has 2 N–H and O–H groups in total. The summed E-state index contributed by atoms with van der Waals surface area (Å²) in [5.41, 5.74) is 8.15. The number of amides is 1. The van der Waals surface area contributed by atoms with E-state index in [2.05, 4.69) is 20.6 Å². The molecule has 2 aromatic heterocycles. The number of rotatable bonds is 4. The Bertz CT molecular complexity index is 799. The molecule has 0 aliphatic rings. The van der Waals surface area contributed by atoms with Crippen molar-refractivity contribution in [3.8, 4) is 11.4 Å². The first kappa shape index (κ1) is 13.9. The maximum atomic E-state index is 11.1. The van der Waals surface area contributed by atoms with Gasteiger partial charge in [-0.15, -0.1) is 10.2 Å². The van der Waals surface area contributed by atoms with E-state index >= 15 is 0 Å². The van der Waals surface area contributed by atoms with Crippen molar-refractivity contribution in [1.29, 1.82) is 0 Å². The van der Waals surface area contributed by atoms with Crippen molar-refractivity contribution in [2.24, 2.45) is 5.73 Å². The van der Waals surface area contributed by atoms with Gasteiger partial charge in [0, 0.05) is 16.7 Å². The molecule has 0 atom stereocenters. The Morgan fingerprint density at radius 2 is 2.00 bits per heavy atom. The van der Waals surface area contributed by atoms with Gasteiger partial charge in [-0.3, -0.25) is 4.79 Å². The van der Waals surface area contributed by atoms with E-state index in [1.54, 1.807) is 24.3 Å². The zero-order valence-corrected chi connectivity index (χ0v) is 12.1. The summed E-state index contributed by atoms with van der Waals surface area (Å²) in [5, 5.41) is 16.3. The van der Waals surface area contributed by atoms with Crippen molar-refractivity contribution in [3.63, 3.8) is 0 Å². The fraction of sp³-hybridized carbons (Fsp3) is 0.214. The summed E-state index contributed by atoms with van der Waals surface area (Å²) in [6.07, 6.45) is 0. The summed E-state index contributed by atoms with van der Waals surface area (Å²) in [7, 11) is 0. The van der Waals surface area contributed by atoms with Crippen molar-refractivity contribution < 1.29 is 9.32 Å². The van der Waals surface area contributed by atoms with E-state index in [0.717, 1.165) is 22.6 Å². The third-order valence-electron chi connectivity index (χ3n) is 3.36. The van der Waals surface area contributed by atoms with Gasteiger partial charge in [-0.25, -0.2) is 0 Å². The molecule has 8 nitrogen and oxygen atoms in total. The summed E-state index contributed by atoms with van der Waals surface area (Å²) in [6.45, 7) is 4.15. The molecule has 3 aromatic rings.